The molecule has 0 saturated heterocycles. The standard InChI is InChI=1S/C13H20N2O/c1-2-15(9-11-5-3-6-11)12(16)13(10-14)7-4-8-13/h11H,2-9H2,1H3. The highest BCUT2D eigenvalue weighted by Crippen LogP contribution is 2.42. The van der Waals surface area contributed by atoms with Crippen LogP contribution in [0, 0.1) is 22.7 Å². The molecule has 2 aliphatic carbocycles. The Morgan fingerprint density at radius 1 is 1.44 bits per heavy atom. The number of carbonyl (C=O) groups is 1. The average Bonchev–Trinajstić information content (AvgIpc) is 2.15. The van der Waals surface area contributed by atoms with Crippen molar-refractivity contribution in [3.8, 4) is 6.07 Å². The predicted octanol–water partition coefficient (Wildman–Crippen LogP) is 2.33. The highest BCUT2D eigenvalue weighted by atomic mass is 16.2. The van der Waals surface area contributed by atoms with Crippen molar-refractivity contribution in [1.29, 1.82) is 5.26 Å². The number of hydrogen-bond donors (Lipinski definition) is 0. The third kappa shape index (κ3) is 1.81. The maximum absolute atomic E-state index is 12.3. The molecule has 2 rings (SSSR count). The van der Waals surface area contributed by atoms with Gasteiger partial charge in [-0.25, -0.2) is 0 Å². The van der Waals surface area contributed by atoms with Gasteiger partial charge in [-0.2, -0.15) is 5.26 Å². The van der Waals surface area contributed by atoms with Crippen molar-refractivity contribution in [3.05, 3.63) is 0 Å². The Balaban J connectivity index is 1.97. The molecule has 16 heavy (non-hydrogen) atoms. The van der Waals surface area contributed by atoms with Gasteiger partial charge in [-0.1, -0.05) is 6.42 Å². The van der Waals surface area contributed by atoms with Gasteiger partial charge in [0.05, 0.1) is 6.07 Å². The first-order valence-electron chi connectivity index (χ1n) is 6.42. The van der Waals surface area contributed by atoms with E-state index in [0.29, 0.717) is 5.92 Å². The summed E-state index contributed by atoms with van der Waals surface area (Å²) in [5.41, 5.74) is -0.653. The van der Waals surface area contributed by atoms with Gasteiger partial charge in [0.25, 0.3) is 0 Å². The lowest BCUT2D eigenvalue weighted by Crippen LogP contribution is -2.49. The SMILES string of the molecule is CCN(CC1CCC1)C(=O)C1(C#N)CCC1. The average molecular weight is 220 g/mol. The topological polar surface area (TPSA) is 44.1 Å². The fraction of sp³-hybridized carbons (Fsp3) is 0.846. The molecule has 2 fully saturated rings. The second-order valence-corrected chi connectivity index (χ2v) is 5.19. The lowest BCUT2D eigenvalue weighted by molar-refractivity contribution is -0.143. The summed E-state index contributed by atoms with van der Waals surface area (Å²) in [6, 6.07) is 2.25. The van der Waals surface area contributed by atoms with Crippen LogP contribution in [0.3, 0.4) is 0 Å². The van der Waals surface area contributed by atoms with E-state index < -0.39 is 5.41 Å². The third-order valence-corrected chi connectivity index (χ3v) is 4.20. The molecule has 2 aliphatic rings. The minimum atomic E-state index is -0.653. The molecule has 0 N–H and O–H groups in total. The largest absolute Gasteiger partial charge is 0.341 e. The Morgan fingerprint density at radius 3 is 2.44 bits per heavy atom. The van der Waals surface area contributed by atoms with Crippen LogP contribution in [0.15, 0.2) is 0 Å². The van der Waals surface area contributed by atoms with Gasteiger partial charge in [-0.05, 0) is 44.9 Å². The lowest BCUT2D eigenvalue weighted by Gasteiger charge is -2.40. The minimum absolute atomic E-state index is 0.0932. The minimum Gasteiger partial charge on any atom is -0.341 e. The van der Waals surface area contributed by atoms with Crippen molar-refractivity contribution in [3.63, 3.8) is 0 Å². The molecule has 0 aliphatic heterocycles. The number of rotatable bonds is 4. The van der Waals surface area contributed by atoms with Crippen LogP contribution in [0.5, 0.6) is 0 Å². The van der Waals surface area contributed by atoms with E-state index in [1.165, 1.54) is 19.3 Å². The molecule has 88 valence electrons. The maximum Gasteiger partial charge on any atom is 0.243 e. The van der Waals surface area contributed by atoms with E-state index in [4.69, 9.17) is 5.26 Å². The molecule has 0 radical (unpaired) electrons. The summed E-state index contributed by atoms with van der Waals surface area (Å²) in [6.45, 7) is 3.64. The molecule has 0 heterocycles. The molecular formula is C13H20N2O. The molecule has 3 nitrogen and oxygen atoms in total. The highest BCUT2D eigenvalue weighted by Gasteiger charge is 2.46. The van der Waals surface area contributed by atoms with Crippen LogP contribution < -0.4 is 0 Å². The first-order chi connectivity index (χ1) is 7.72. The van der Waals surface area contributed by atoms with E-state index in [2.05, 4.69) is 6.07 Å². The van der Waals surface area contributed by atoms with Gasteiger partial charge < -0.3 is 4.90 Å². The molecule has 0 spiro atoms. The normalized spacial score (nSPS) is 22.8. The fourth-order valence-electron chi connectivity index (χ4n) is 2.55. The molecule has 0 aromatic carbocycles. The van der Waals surface area contributed by atoms with Crippen LogP contribution >= 0.6 is 0 Å². The number of carbonyl (C=O) groups excluding carboxylic acids is 1. The van der Waals surface area contributed by atoms with Crippen molar-refractivity contribution in [2.45, 2.75) is 45.4 Å². The van der Waals surface area contributed by atoms with Crippen LogP contribution in [-0.4, -0.2) is 23.9 Å². The molecule has 0 bridgehead atoms. The number of amides is 1. The Morgan fingerprint density at radius 2 is 2.12 bits per heavy atom. The van der Waals surface area contributed by atoms with E-state index in [0.717, 1.165) is 32.4 Å². The molecule has 1 amide bonds. The second kappa shape index (κ2) is 4.45. The Labute approximate surface area is 97.4 Å². The van der Waals surface area contributed by atoms with Gasteiger partial charge in [0, 0.05) is 13.1 Å². The zero-order chi connectivity index (χ0) is 11.6. The van der Waals surface area contributed by atoms with Gasteiger partial charge in [-0.3, -0.25) is 4.79 Å². The highest BCUT2D eigenvalue weighted by molar-refractivity contribution is 5.86. The number of nitriles is 1. The van der Waals surface area contributed by atoms with Crippen molar-refractivity contribution >= 4 is 5.91 Å². The Bertz CT molecular complexity index is 310. The van der Waals surface area contributed by atoms with E-state index in [-0.39, 0.29) is 5.91 Å². The Kier molecular flexibility index (Phi) is 3.18. The summed E-state index contributed by atoms with van der Waals surface area (Å²) in [6.07, 6.45) is 6.37. The van der Waals surface area contributed by atoms with Gasteiger partial charge in [0.1, 0.15) is 5.41 Å². The van der Waals surface area contributed by atoms with Crippen molar-refractivity contribution < 1.29 is 4.79 Å². The first-order valence-corrected chi connectivity index (χ1v) is 6.42. The van der Waals surface area contributed by atoms with E-state index in [9.17, 15) is 4.79 Å². The van der Waals surface area contributed by atoms with Crippen LogP contribution in [0.1, 0.15) is 45.4 Å². The summed E-state index contributed by atoms with van der Waals surface area (Å²) in [5.74, 6) is 0.787. The molecule has 0 aromatic rings. The van der Waals surface area contributed by atoms with Crippen molar-refractivity contribution in [2.24, 2.45) is 11.3 Å². The van der Waals surface area contributed by atoms with Gasteiger partial charge in [0.2, 0.25) is 5.91 Å². The Hall–Kier alpha value is -1.04. The summed E-state index contributed by atoms with van der Waals surface area (Å²) < 4.78 is 0. The molecule has 0 aromatic heterocycles. The quantitative estimate of drug-likeness (QED) is 0.729. The van der Waals surface area contributed by atoms with E-state index in [1.807, 2.05) is 11.8 Å². The molecular weight excluding hydrogens is 200 g/mol. The predicted molar refractivity (Wildman–Crippen MR) is 61.5 cm³/mol. The zero-order valence-corrected chi connectivity index (χ0v) is 10.0. The molecule has 0 atom stereocenters. The monoisotopic (exact) mass is 220 g/mol. The maximum atomic E-state index is 12.3. The van der Waals surface area contributed by atoms with Crippen molar-refractivity contribution in [1.82, 2.24) is 4.90 Å². The molecule has 3 heteroatoms. The summed E-state index contributed by atoms with van der Waals surface area (Å²) in [4.78, 5) is 14.2. The zero-order valence-electron chi connectivity index (χ0n) is 10.0. The van der Waals surface area contributed by atoms with Crippen LogP contribution in [0.4, 0.5) is 0 Å². The van der Waals surface area contributed by atoms with Crippen molar-refractivity contribution in [2.75, 3.05) is 13.1 Å². The number of nitrogens with zero attached hydrogens (tertiary/aromatic N) is 2. The third-order valence-electron chi connectivity index (χ3n) is 4.20. The number of hydrogen-bond acceptors (Lipinski definition) is 2. The summed E-state index contributed by atoms with van der Waals surface area (Å²) in [5, 5.41) is 9.16. The van der Waals surface area contributed by atoms with E-state index in [1.54, 1.807) is 0 Å². The second-order valence-electron chi connectivity index (χ2n) is 5.19. The van der Waals surface area contributed by atoms with Gasteiger partial charge in [0.15, 0.2) is 0 Å². The van der Waals surface area contributed by atoms with Gasteiger partial charge >= 0.3 is 0 Å². The van der Waals surface area contributed by atoms with E-state index >= 15 is 0 Å². The van der Waals surface area contributed by atoms with Crippen LogP contribution in [0.2, 0.25) is 0 Å². The molecule has 2 saturated carbocycles. The molecule has 0 unspecified atom stereocenters. The lowest BCUT2D eigenvalue weighted by atomic mass is 9.68. The van der Waals surface area contributed by atoms with Gasteiger partial charge in [-0.15, -0.1) is 0 Å². The smallest absolute Gasteiger partial charge is 0.243 e. The first kappa shape index (κ1) is 11.4. The van der Waals surface area contributed by atoms with Crippen LogP contribution in [-0.2, 0) is 4.79 Å². The van der Waals surface area contributed by atoms with Crippen LogP contribution in [0.25, 0.3) is 0 Å². The fourth-order valence-corrected chi connectivity index (χ4v) is 2.55. The summed E-state index contributed by atoms with van der Waals surface area (Å²) >= 11 is 0. The summed E-state index contributed by atoms with van der Waals surface area (Å²) in [7, 11) is 0.